The number of ether oxygens (including phenoxy) is 3. The minimum absolute atomic E-state index is 0.00916. The lowest BCUT2D eigenvalue weighted by molar-refractivity contribution is -0.149. The second-order valence-electron chi connectivity index (χ2n) is 9.62. The van der Waals surface area contributed by atoms with E-state index in [2.05, 4.69) is 43.1 Å². The van der Waals surface area contributed by atoms with Gasteiger partial charge in [0.15, 0.2) is 0 Å². The SMILES string of the molecule is CC(C)CN(CC1=CC=C2OCCOC2C1)C(=O)C1CN(CCC2=CC=CCC2)CCO1. The van der Waals surface area contributed by atoms with Gasteiger partial charge in [-0.2, -0.15) is 0 Å². The Kier molecular flexibility index (Phi) is 8.22. The normalized spacial score (nSPS) is 26.0. The van der Waals surface area contributed by atoms with Gasteiger partial charge in [0.1, 0.15) is 24.6 Å². The van der Waals surface area contributed by atoms with Crippen LogP contribution in [0.5, 0.6) is 0 Å². The molecule has 2 saturated heterocycles. The zero-order chi connectivity index (χ0) is 22.3. The van der Waals surface area contributed by atoms with Crippen molar-refractivity contribution < 1.29 is 19.0 Å². The summed E-state index contributed by atoms with van der Waals surface area (Å²) in [5.41, 5.74) is 2.72. The molecule has 0 aromatic heterocycles. The van der Waals surface area contributed by atoms with Gasteiger partial charge in [0.05, 0.1) is 13.2 Å². The van der Waals surface area contributed by atoms with Crippen LogP contribution in [-0.2, 0) is 19.0 Å². The summed E-state index contributed by atoms with van der Waals surface area (Å²) in [5, 5.41) is 0. The highest BCUT2D eigenvalue weighted by Gasteiger charge is 2.32. The molecule has 6 heteroatoms. The molecule has 0 spiro atoms. The molecule has 4 rings (SSSR count). The maximum Gasteiger partial charge on any atom is 0.253 e. The maximum absolute atomic E-state index is 13.5. The zero-order valence-corrected chi connectivity index (χ0v) is 19.6. The second-order valence-corrected chi connectivity index (χ2v) is 9.62. The molecular formula is C26H38N2O4. The Morgan fingerprint density at radius 3 is 2.88 bits per heavy atom. The highest BCUT2D eigenvalue weighted by atomic mass is 16.6. The minimum atomic E-state index is -0.382. The molecule has 0 aromatic rings. The molecule has 0 saturated carbocycles. The zero-order valence-electron chi connectivity index (χ0n) is 19.6. The quantitative estimate of drug-likeness (QED) is 0.576. The van der Waals surface area contributed by atoms with Gasteiger partial charge in [-0.15, -0.1) is 0 Å². The Labute approximate surface area is 192 Å². The average molecular weight is 443 g/mol. The van der Waals surface area contributed by atoms with Gasteiger partial charge in [-0.05, 0) is 36.8 Å². The maximum atomic E-state index is 13.5. The van der Waals surface area contributed by atoms with Crippen LogP contribution in [0.25, 0.3) is 0 Å². The molecule has 0 N–H and O–H groups in total. The van der Waals surface area contributed by atoms with Crippen LogP contribution in [-0.4, -0.2) is 80.5 Å². The lowest BCUT2D eigenvalue weighted by atomic mass is 9.99. The van der Waals surface area contributed by atoms with E-state index < -0.39 is 0 Å². The number of allylic oxidation sites excluding steroid dienone is 5. The molecule has 2 aliphatic carbocycles. The molecule has 1 amide bonds. The van der Waals surface area contributed by atoms with E-state index in [0.29, 0.717) is 38.8 Å². The van der Waals surface area contributed by atoms with Gasteiger partial charge in [-0.25, -0.2) is 0 Å². The number of hydrogen-bond acceptors (Lipinski definition) is 5. The largest absolute Gasteiger partial charge is 0.493 e. The van der Waals surface area contributed by atoms with Crippen molar-refractivity contribution in [2.75, 3.05) is 52.5 Å². The third-order valence-corrected chi connectivity index (χ3v) is 6.49. The van der Waals surface area contributed by atoms with E-state index in [4.69, 9.17) is 14.2 Å². The van der Waals surface area contributed by atoms with E-state index in [1.807, 2.05) is 11.0 Å². The highest BCUT2D eigenvalue weighted by Crippen LogP contribution is 2.26. The van der Waals surface area contributed by atoms with E-state index in [1.165, 1.54) is 11.1 Å². The third kappa shape index (κ3) is 6.33. The fraction of sp³-hybridized carbons (Fsp3) is 0.654. The van der Waals surface area contributed by atoms with Gasteiger partial charge < -0.3 is 19.1 Å². The molecule has 6 nitrogen and oxygen atoms in total. The van der Waals surface area contributed by atoms with Crippen molar-refractivity contribution in [3.8, 4) is 0 Å². The summed E-state index contributed by atoms with van der Waals surface area (Å²) in [6, 6.07) is 0. The van der Waals surface area contributed by atoms with Crippen molar-refractivity contribution in [3.63, 3.8) is 0 Å². The molecule has 0 aromatic carbocycles. The summed E-state index contributed by atoms with van der Waals surface area (Å²) in [5.74, 6) is 1.42. The number of hydrogen-bond donors (Lipinski definition) is 0. The van der Waals surface area contributed by atoms with Crippen LogP contribution in [0.2, 0.25) is 0 Å². The van der Waals surface area contributed by atoms with Crippen LogP contribution < -0.4 is 0 Å². The molecule has 0 bridgehead atoms. The lowest BCUT2D eigenvalue weighted by Crippen LogP contribution is -2.52. The van der Waals surface area contributed by atoms with E-state index >= 15 is 0 Å². The van der Waals surface area contributed by atoms with Crippen LogP contribution in [0.1, 0.15) is 39.5 Å². The number of carbonyl (C=O) groups is 1. The highest BCUT2D eigenvalue weighted by molar-refractivity contribution is 5.81. The van der Waals surface area contributed by atoms with E-state index in [9.17, 15) is 4.79 Å². The summed E-state index contributed by atoms with van der Waals surface area (Å²) in [4.78, 5) is 17.9. The standard InChI is InChI=1S/C26H38N2O4/c1-20(2)17-28(18-22-8-9-23-24(16-22)32-15-14-31-23)26(29)25-19-27(12-13-30-25)11-10-21-6-4-3-5-7-21/h3-4,6,8-9,20,24-25H,5,7,10-19H2,1-2H3. The topological polar surface area (TPSA) is 51.2 Å². The third-order valence-electron chi connectivity index (χ3n) is 6.49. The number of rotatable bonds is 8. The van der Waals surface area contributed by atoms with Crippen molar-refractivity contribution in [2.24, 2.45) is 5.92 Å². The number of nitrogens with zero attached hydrogens (tertiary/aromatic N) is 2. The first-order valence-corrected chi connectivity index (χ1v) is 12.2. The Hall–Kier alpha value is -1.89. The monoisotopic (exact) mass is 442 g/mol. The summed E-state index contributed by atoms with van der Waals surface area (Å²) >= 11 is 0. The van der Waals surface area contributed by atoms with Crippen LogP contribution in [0.15, 0.2) is 47.3 Å². The number of fused-ring (bicyclic) bond motifs is 1. The van der Waals surface area contributed by atoms with Crippen LogP contribution in [0.4, 0.5) is 0 Å². The summed E-state index contributed by atoms with van der Waals surface area (Å²) in [6.45, 7) is 10.1. The summed E-state index contributed by atoms with van der Waals surface area (Å²) in [7, 11) is 0. The minimum Gasteiger partial charge on any atom is -0.493 e. The van der Waals surface area contributed by atoms with E-state index in [1.54, 1.807) is 0 Å². The van der Waals surface area contributed by atoms with Crippen molar-refractivity contribution >= 4 is 5.91 Å². The van der Waals surface area contributed by atoms with E-state index in [-0.39, 0.29) is 18.1 Å². The first-order chi connectivity index (χ1) is 15.6. The molecule has 4 aliphatic rings. The molecule has 2 unspecified atom stereocenters. The van der Waals surface area contributed by atoms with Gasteiger partial charge in [0, 0.05) is 39.1 Å². The first-order valence-electron chi connectivity index (χ1n) is 12.2. The molecule has 0 radical (unpaired) electrons. The molecular weight excluding hydrogens is 404 g/mol. The van der Waals surface area contributed by atoms with E-state index in [0.717, 1.165) is 51.1 Å². The van der Waals surface area contributed by atoms with Crippen LogP contribution in [0, 0.1) is 5.92 Å². The Morgan fingerprint density at radius 1 is 1.16 bits per heavy atom. The Bertz CT molecular complexity index is 783. The lowest BCUT2D eigenvalue weighted by Gasteiger charge is -2.37. The Balaban J connectivity index is 1.35. The van der Waals surface area contributed by atoms with Gasteiger partial charge in [0.2, 0.25) is 0 Å². The number of carbonyl (C=O) groups excluding carboxylic acids is 1. The van der Waals surface area contributed by atoms with Gasteiger partial charge >= 0.3 is 0 Å². The second kappa shape index (κ2) is 11.3. The van der Waals surface area contributed by atoms with Crippen LogP contribution in [0.3, 0.4) is 0 Å². The van der Waals surface area contributed by atoms with Crippen molar-refractivity contribution in [1.29, 1.82) is 0 Å². The number of morpholine rings is 1. The van der Waals surface area contributed by atoms with Gasteiger partial charge in [-0.3, -0.25) is 9.69 Å². The fourth-order valence-electron chi connectivity index (χ4n) is 4.80. The van der Waals surface area contributed by atoms with Crippen LogP contribution >= 0.6 is 0 Å². The Morgan fingerprint density at radius 2 is 2.06 bits per heavy atom. The smallest absolute Gasteiger partial charge is 0.253 e. The fourth-order valence-corrected chi connectivity index (χ4v) is 4.80. The van der Waals surface area contributed by atoms with Gasteiger partial charge in [0.25, 0.3) is 5.91 Å². The van der Waals surface area contributed by atoms with Gasteiger partial charge in [-0.1, -0.05) is 43.7 Å². The van der Waals surface area contributed by atoms with Crippen molar-refractivity contribution in [3.05, 3.63) is 47.3 Å². The first kappa shape index (κ1) is 23.3. The average Bonchev–Trinajstić information content (AvgIpc) is 2.82. The predicted molar refractivity (Wildman–Crippen MR) is 125 cm³/mol. The molecule has 2 atom stereocenters. The van der Waals surface area contributed by atoms with Crippen molar-refractivity contribution in [1.82, 2.24) is 9.80 Å². The molecule has 32 heavy (non-hydrogen) atoms. The molecule has 2 fully saturated rings. The summed E-state index contributed by atoms with van der Waals surface area (Å²) < 4.78 is 17.5. The molecule has 2 aliphatic heterocycles. The molecule has 2 heterocycles. The summed E-state index contributed by atoms with van der Waals surface area (Å²) in [6.07, 6.45) is 14.5. The molecule has 176 valence electrons. The predicted octanol–water partition coefficient (Wildman–Crippen LogP) is 3.47. The number of amides is 1. The van der Waals surface area contributed by atoms with Crippen molar-refractivity contribution in [2.45, 2.75) is 51.7 Å².